The van der Waals surface area contributed by atoms with Crippen LogP contribution in [0.4, 0.5) is 11.4 Å². The molecule has 1 aliphatic rings. The Balaban J connectivity index is 1.73. The van der Waals surface area contributed by atoms with Crippen molar-refractivity contribution in [3.8, 4) is 0 Å². The zero-order valence-corrected chi connectivity index (χ0v) is 21.1. The summed E-state index contributed by atoms with van der Waals surface area (Å²) in [6, 6.07) is 13.4. The molecule has 4 nitrogen and oxygen atoms in total. The molecule has 1 aliphatic heterocycles. The topological polar surface area (TPSA) is 27.7 Å². The molecule has 174 valence electrons. The molecule has 0 atom stereocenters. The van der Waals surface area contributed by atoms with Crippen LogP contribution < -0.4 is 10.2 Å². The first-order chi connectivity index (χ1) is 15.5. The summed E-state index contributed by atoms with van der Waals surface area (Å²) in [5.41, 5.74) is 7.83. The van der Waals surface area contributed by atoms with Crippen molar-refractivity contribution in [1.82, 2.24) is 4.90 Å². The number of hydrogen-bond acceptors (Lipinski definition) is 3. The van der Waals surface area contributed by atoms with E-state index in [1.807, 2.05) is 6.92 Å². The Kier molecular flexibility index (Phi) is 9.36. The Labute approximate surface area is 199 Å². The summed E-state index contributed by atoms with van der Waals surface area (Å²) in [6.07, 6.45) is 4.55. The van der Waals surface area contributed by atoms with Crippen LogP contribution in [0.1, 0.15) is 55.4 Å². The van der Waals surface area contributed by atoms with Gasteiger partial charge in [0.15, 0.2) is 5.11 Å². The number of nitrogens with zero attached hydrogens (tertiary/aromatic N) is 2. The Hall–Kier alpha value is -2.11. The molecule has 0 saturated carbocycles. The van der Waals surface area contributed by atoms with Crippen LogP contribution in [-0.2, 0) is 17.7 Å². The first kappa shape index (κ1) is 24.5. The minimum absolute atomic E-state index is 0.754. The predicted molar refractivity (Wildman–Crippen MR) is 141 cm³/mol. The molecule has 0 aromatic heterocycles. The third-order valence-electron chi connectivity index (χ3n) is 6.19. The maximum atomic E-state index is 5.85. The summed E-state index contributed by atoms with van der Waals surface area (Å²) < 4.78 is 5.57. The van der Waals surface area contributed by atoms with E-state index in [1.54, 1.807) is 0 Å². The molecule has 1 heterocycles. The summed E-state index contributed by atoms with van der Waals surface area (Å²) in [6.45, 7) is 14.1. The van der Waals surface area contributed by atoms with Crippen LogP contribution in [-0.4, -0.2) is 42.9 Å². The van der Waals surface area contributed by atoms with Gasteiger partial charge in [-0.1, -0.05) is 25.1 Å². The Morgan fingerprint density at radius 1 is 1.12 bits per heavy atom. The van der Waals surface area contributed by atoms with Gasteiger partial charge in [0.2, 0.25) is 0 Å². The minimum atomic E-state index is 0.754. The molecule has 0 spiro atoms. The fourth-order valence-corrected chi connectivity index (χ4v) is 4.60. The molecule has 0 radical (unpaired) electrons. The van der Waals surface area contributed by atoms with Gasteiger partial charge in [-0.15, -0.1) is 0 Å². The molecule has 32 heavy (non-hydrogen) atoms. The average Bonchev–Trinajstić information content (AvgIpc) is 2.78. The highest BCUT2D eigenvalue weighted by Gasteiger charge is 2.18. The van der Waals surface area contributed by atoms with Crippen LogP contribution in [0, 0.1) is 13.8 Å². The van der Waals surface area contributed by atoms with Gasteiger partial charge in [0.25, 0.3) is 0 Å². The fourth-order valence-electron chi connectivity index (χ4n) is 4.33. The van der Waals surface area contributed by atoms with Gasteiger partial charge in [-0.3, -0.25) is 0 Å². The van der Waals surface area contributed by atoms with Gasteiger partial charge in [-0.25, -0.2) is 0 Å². The molecule has 2 aromatic rings. The second-order valence-electron chi connectivity index (χ2n) is 8.75. The second-order valence-corrected chi connectivity index (χ2v) is 9.14. The van der Waals surface area contributed by atoms with Gasteiger partial charge in [0.1, 0.15) is 0 Å². The molecule has 0 fully saturated rings. The highest BCUT2D eigenvalue weighted by atomic mass is 32.1. The number of aryl methyl sites for hydroxylation is 3. The van der Waals surface area contributed by atoms with E-state index in [0.29, 0.717) is 0 Å². The first-order valence-electron chi connectivity index (χ1n) is 12.1. The van der Waals surface area contributed by atoms with Crippen LogP contribution in [0.5, 0.6) is 0 Å². The number of anilines is 2. The standard InChI is InChI=1S/C27H39N3OS/c1-5-14-29-15-7-9-24-19-23(11-13-26(24)29)20-30(16-8-17-31-6-2)27(32)28-25-12-10-21(3)22(4)18-25/h10-13,18-19H,5-9,14-17,20H2,1-4H3,(H,28,32). The van der Waals surface area contributed by atoms with Gasteiger partial charge in [0, 0.05) is 50.8 Å². The third-order valence-corrected chi connectivity index (χ3v) is 6.55. The van der Waals surface area contributed by atoms with Gasteiger partial charge < -0.3 is 19.9 Å². The van der Waals surface area contributed by atoms with Crippen molar-refractivity contribution in [1.29, 1.82) is 0 Å². The molecule has 0 saturated heterocycles. The second kappa shape index (κ2) is 12.2. The molecule has 0 unspecified atom stereocenters. The Morgan fingerprint density at radius 3 is 2.72 bits per heavy atom. The van der Waals surface area contributed by atoms with Crippen molar-refractivity contribution in [2.24, 2.45) is 0 Å². The summed E-state index contributed by atoms with van der Waals surface area (Å²) in [5.74, 6) is 0. The molecular formula is C27H39N3OS. The maximum absolute atomic E-state index is 5.85. The maximum Gasteiger partial charge on any atom is 0.173 e. The average molecular weight is 454 g/mol. The van der Waals surface area contributed by atoms with E-state index in [-0.39, 0.29) is 0 Å². The zero-order chi connectivity index (χ0) is 22.9. The van der Waals surface area contributed by atoms with Gasteiger partial charge in [-0.2, -0.15) is 0 Å². The third kappa shape index (κ3) is 6.69. The number of ether oxygens (including phenoxy) is 1. The predicted octanol–water partition coefficient (Wildman–Crippen LogP) is 6.09. The molecule has 0 aliphatic carbocycles. The number of hydrogen-bond donors (Lipinski definition) is 1. The molecule has 5 heteroatoms. The van der Waals surface area contributed by atoms with Crippen LogP contribution >= 0.6 is 12.2 Å². The van der Waals surface area contributed by atoms with E-state index in [4.69, 9.17) is 17.0 Å². The van der Waals surface area contributed by atoms with Gasteiger partial charge in [0.05, 0.1) is 0 Å². The zero-order valence-electron chi connectivity index (χ0n) is 20.2. The van der Waals surface area contributed by atoms with E-state index in [1.165, 1.54) is 53.7 Å². The Bertz CT molecular complexity index is 898. The molecule has 0 amide bonds. The van der Waals surface area contributed by atoms with Crippen LogP contribution in [0.2, 0.25) is 0 Å². The van der Waals surface area contributed by atoms with Crippen molar-refractivity contribution < 1.29 is 4.74 Å². The molecule has 1 N–H and O–H groups in total. The number of nitrogens with one attached hydrogen (secondary N) is 1. The largest absolute Gasteiger partial charge is 0.382 e. The lowest BCUT2D eigenvalue weighted by Crippen LogP contribution is -2.35. The van der Waals surface area contributed by atoms with Gasteiger partial charge in [-0.05, 0) is 99.1 Å². The smallest absolute Gasteiger partial charge is 0.173 e. The summed E-state index contributed by atoms with van der Waals surface area (Å²) in [4.78, 5) is 4.81. The monoisotopic (exact) mass is 453 g/mol. The minimum Gasteiger partial charge on any atom is -0.382 e. The van der Waals surface area contributed by atoms with Crippen LogP contribution in [0.3, 0.4) is 0 Å². The van der Waals surface area contributed by atoms with Crippen molar-refractivity contribution in [2.75, 3.05) is 43.1 Å². The van der Waals surface area contributed by atoms with E-state index in [2.05, 4.69) is 72.3 Å². The van der Waals surface area contributed by atoms with Crippen molar-refractivity contribution in [2.45, 2.75) is 59.9 Å². The first-order valence-corrected chi connectivity index (χ1v) is 12.5. The highest BCUT2D eigenvalue weighted by Crippen LogP contribution is 2.28. The number of benzene rings is 2. The molecule has 0 bridgehead atoms. The van der Waals surface area contributed by atoms with Crippen molar-refractivity contribution in [3.63, 3.8) is 0 Å². The molecular weight excluding hydrogens is 414 g/mol. The highest BCUT2D eigenvalue weighted by molar-refractivity contribution is 7.80. The van der Waals surface area contributed by atoms with Crippen molar-refractivity contribution >= 4 is 28.7 Å². The SMILES string of the molecule is CCCN1CCCc2cc(CN(CCCOCC)C(=S)Nc3ccc(C)c(C)c3)ccc21. The number of thiocarbonyl (C=S) groups is 1. The Morgan fingerprint density at radius 2 is 1.97 bits per heavy atom. The molecule has 3 rings (SSSR count). The lowest BCUT2D eigenvalue weighted by Gasteiger charge is -2.32. The molecule has 2 aromatic carbocycles. The van der Waals surface area contributed by atoms with Crippen molar-refractivity contribution in [3.05, 3.63) is 58.7 Å². The lowest BCUT2D eigenvalue weighted by molar-refractivity contribution is 0.139. The lowest BCUT2D eigenvalue weighted by atomic mass is 9.99. The summed E-state index contributed by atoms with van der Waals surface area (Å²) >= 11 is 5.85. The van der Waals surface area contributed by atoms with Gasteiger partial charge >= 0.3 is 0 Å². The summed E-state index contributed by atoms with van der Waals surface area (Å²) in [5, 5.41) is 4.24. The van der Waals surface area contributed by atoms with E-state index in [0.717, 1.165) is 50.1 Å². The number of fused-ring (bicyclic) bond motifs is 1. The fraction of sp³-hybridized carbons (Fsp3) is 0.519. The quantitative estimate of drug-likeness (QED) is 0.347. The normalized spacial score (nSPS) is 13.1. The van der Waals surface area contributed by atoms with E-state index >= 15 is 0 Å². The van der Waals surface area contributed by atoms with Crippen LogP contribution in [0.15, 0.2) is 36.4 Å². The van der Waals surface area contributed by atoms with E-state index < -0.39 is 0 Å². The number of rotatable bonds is 10. The van der Waals surface area contributed by atoms with E-state index in [9.17, 15) is 0 Å². The van der Waals surface area contributed by atoms with Crippen LogP contribution in [0.25, 0.3) is 0 Å². The summed E-state index contributed by atoms with van der Waals surface area (Å²) in [7, 11) is 0.